The van der Waals surface area contributed by atoms with Gasteiger partial charge in [-0.05, 0) is 46.9 Å². The summed E-state index contributed by atoms with van der Waals surface area (Å²) in [4.78, 5) is 11.9. The molecule has 18 heavy (non-hydrogen) atoms. The average Bonchev–Trinajstić information content (AvgIpc) is 2.79. The molecule has 0 spiro atoms. The second-order valence-corrected chi connectivity index (χ2v) is 6.61. The normalized spacial score (nSPS) is 9.83. The minimum Gasteiger partial charge on any atom is -0.321 e. The summed E-state index contributed by atoms with van der Waals surface area (Å²) >= 11 is 9.61. The summed E-state index contributed by atoms with van der Waals surface area (Å²) in [6.45, 7) is 0. The predicted octanol–water partition coefficient (Wildman–Crippen LogP) is 4.13. The number of benzene rings is 1. The standard InChI is InChI=1S/C12H6ClIN2OS/c13-9-2-1-7(5-15)3-10(9)16-12(17)8-4-11(14)18-6-8/h1-4,6H,(H,16,17). The number of anilines is 1. The van der Waals surface area contributed by atoms with Crippen LogP contribution in [0.1, 0.15) is 15.9 Å². The van der Waals surface area contributed by atoms with E-state index in [1.165, 1.54) is 11.3 Å². The fourth-order valence-electron chi connectivity index (χ4n) is 1.31. The average molecular weight is 389 g/mol. The van der Waals surface area contributed by atoms with Crippen LogP contribution in [0.5, 0.6) is 0 Å². The minimum atomic E-state index is -0.230. The Hall–Kier alpha value is -1.10. The third-order valence-corrected chi connectivity index (χ3v) is 4.29. The van der Waals surface area contributed by atoms with E-state index in [4.69, 9.17) is 16.9 Å². The number of hydrogen-bond acceptors (Lipinski definition) is 3. The first-order valence-electron chi connectivity index (χ1n) is 4.85. The number of nitrogens with zero attached hydrogens (tertiary/aromatic N) is 1. The summed E-state index contributed by atoms with van der Waals surface area (Å²) in [5, 5.41) is 13.7. The van der Waals surface area contributed by atoms with Crippen LogP contribution in [0.2, 0.25) is 5.02 Å². The first kappa shape index (κ1) is 13.3. The molecule has 0 fully saturated rings. The van der Waals surface area contributed by atoms with Crippen molar-refractivity contribution in [1.82, 2.24) is 0 Å². The predicted molar refractivity (Wildman–Crippen MR) is 81.2 cm³/mol. The van der Waals surface area contributed by atoms with Gasteiger partial charge in [0, 0.05) is 5.38 Å². The molecule has 0 radical (unpaired) electrons. The van der Waals surface area contributed by atoms with Crippen molar-refractivity contribution in [3.63, 3.8) is 0 Å². The van der Waals surface area contributed by atoms with E-state index in [0.29, 0.717) is 21.8 Å². The lowest BCUT2D eigenvalue weighted by Crippen LogP contribution is -2.11. The first-order chi connectivity index (χ1) is 8.60. The van der Waals surface area contributed by atoms with Gasteiger partial charge >= 0.3 is 0 Å². The van der Waals surface area contributed by atoms with E-state index < -0.39 is 0 Å². The van der Waals surface area contributed by atoms with Crippen LogP contribution in [-0.2, 0) is 0 Å². The highest BCUT2D eigenvalue weighted by atomic mass is 127. The number of nitrogens with one attached hydrogen (secondary N) is 1. The maximum atomic E-state index is 11.9. The molecule has 1 aromatic heterocycles. The number of hydrogen-bond donors (Lipinski definition) is 1. The number of amides is 1. The maximum Gasteiger partial charge on any atom is 0.256 e. The Morgan fingerprint density at radius 3 is 2.83 bits per heavy atom. The molecule has 3 nitrogen and oxygen atoms in total. The summed E-state index contributed by atoms with van der Waals surface area (Å²) < 4.78 is 1.04. The van der Waals surface area contributed by atoms with Crippen LogP contribution in [-0.4, -0.2) is 5.91 Å². The van der Waals surface area contributed by atoms with Gasteiger partial charge in [-0.3, -0.25) is 4.79 Å². The molecule has 0 aliphatic heterocycles. The lowest BCUT2D eigenvalue weighted by atomic mass is 10.2. The fraction of sp³-hybridized carbons (Fsp3) is 0. The SMILES string of the molecule is N#Cc1ccc(Cl)c(NC(=O)c2csc(I)c2)c1. The van der Waals surface area contributed by atoms with Gasteiger partial charge in [0.25, 0.3) is 5.91 Å². The van der Waals surface area contributed by atoms with Crippen LogP contribution in [0.4, 0.5) is 5.69 Å². The molecular formula is C12H6ClIN2OS. The molecule has 0 saturated carbocycles. The molecule has 2 aromatic rings. The van der Waals surface area contributed by atoms with E-state index in [-0.39, 0.29) is 5.91 Å². The van der Waals surface area contributed by atoms with Crippen molar-refractivity contribution in [2.45, 2.75) is 0 Å². The summed E-state index contributed by atoms with van der Waals surface area (Å²) in [6.07, 6.45) is 0. The Labute approximate surface area is 127 Å². The van der Waals surface area contributed by atoms with Gasteiger partial charge in [0.1, 0.15) is 0 Å². The van der Waals surface area contributed by atoms with E-state index >= 15 is 0 Å². The quantitative estimate of drug-likeness (QED) is 0.787. The van der Waals surface area contributed by atoms with Gasteiger partial charge in [0.2, 0.25) is 0 Å². The molecule has 2 rings (SSSR count). The van der Waals surface area contributed by atoms with Gasteiger partial charge in [-0.2, -0.15) is 5.26 Å². The van der Waals surface area contributed by atoms with Gasteiger partial charge in [-0.25, -0.2) is 0 Å². The first-order valence-corrected chi connectivity index (χ1v) is 7.19. The van der Waals surface area contributed by atoms with Gasteiger partial charge in [0.15, 0.2) is 0 Å². The fourth-order valence-corrected chi connectivity index (χ4v) is 2.81. The highest BCUT2D eigenvalue weighted by Gasteiger charge is 2.10. The smallest absolute Gasteiger partial charge is 0.256 e. The summed E-state index contributed by atoms with van der Waals surface area (Å²) in [6, 6.07) is 8.54. The van der Waals surface area contributed by atoms with Crippen molar-refractivity contribution in [1.29, 1.82) is 5.26 Å². The lowest BCUT2D eigenvalue weighted by molar-refractivity contribution is 0.102. The lowest BCUT2D eigenvalue weighted by Gasteiger charge is -2.06. The molecular weight excluding hydrogens is 383 g/mol. The van der Waals surface area contributed by atoms with Crippen LogP contribution in [0.15, 0.2) is 29.6 Å². The van der Waals surface area contributed by atoms with Crippen molar-refractivity contribution >= 4 is 57.1 Å². The summed E-state index contributed by atoms with van der Waals surface area (Å²) in [5.74, 6) is -0.230. The van der Waals surface area contributed by atoms with E-state index in [9.17, 15) is 4.79 Å². The van der Waals surface area contributed by atoms with E-state index in [1.54, 1.807) is 29.6 Å². The third kappa shape index (κ3) is 3.02. The summed E-state index contributed by atoms with van der Waals surface area (Å²) in [5.41, 5.74) is 1.49. The molecule has 0 aliphatic rings. The molecule has 0 aliphatic carbocycles. The second-order valence-electron chi connectivity index (χ2n) is 3.40. The van der Waals surface area contributed by atoms with Crippen molar-refractivity contribution in [2.24, 2.45) is 0 Å². The van der Waals surface area contributed by atoms with Gasteiger partial charge < -0.3 is 5.32 Å². The molecule has 6 heteroatoms. The van der Waals surface area contributed by atoms with Gasteiger partial charge in [-0.1, -0.05) is 11.6 Å². The molecule has 0 unspecified atom stereocenters. The molecule has 90 valence electrons. The highest BCUT2D eigenvalue weighted by Crippen LogP contribution is 2.24. The van der Waals surface area contributed by atoms with E-state index in [1.807, 2.05) is 6.07 Å². The highest BCUT2D eigenvalue weighted by molar-refractivity contribution is 14.1. The van der Waals surface area contributed by atoms with Gasteiger partial charge in [-0.15, -0.1) is 11.3 Å². The summed E-state index contributed by atoms with van der Waals surface area (Å²) in [7, 11) is 0. The molecule has 1 heterocycles. The Balaban J connectivity index is 2.24. The molecule has 1 amide bonds. The second kappa shape index (κ2) is 5.69. The largest absolute Gasteiger partial charge is 0.321 e. The number of nitriles is 1. The number of rotatable bonds is 2. The topological polar surface area (TPSA) is 52.9 Å². The molecule has 0 atom stereocenters. The third-order valence-electron chi connectivity index (χ3n) is 2.17. The number of carbonyl (C=O) groups is 1. The van der Waals surface area contributed by atoms with E-state index in [2.05, 4.69) is 27.9 Å². The van der Waals surface area contributed by atoms with E-state index in [0.717, 1.165) is 2.88 Å². The monoisotopic (exact) mass is 388 g/mol. The Kier molecular flexibility index (Phi) is 4.22. The molecule has 1 N–H and O–H groups in total. The van der Waals surface area contributed by atoms with Crippen LogP contribution in [0, 0.1) is 14.2 Å². The zero-order valence-electron chi connectivity index (χ0n) is 8.91. The Morgan fingerprint density at radius 1 is 1.44 bits per heavy atom. The van der Waals surface area contributed by atoms with Crippen molar-refractivity contribution in [3.05, 3.63) is 48.7 Å². The molecule has 1 aromatic carbocycles. The molecule has 0 bridgehead atoms. The van der Waals surface area contributed by atoms with Crippen molar-refractivity contribution < 1.29 is 4.79 Å². The van der Waals surface area contributed by atoms with Crippen molar-refractivity contribution in [3.8, 4) is 6.07 Å². The Bertz CT molecular complexity index is 648. The van der Waals surface area contributed by atoms with Crippen molar-refractivity contribution in [2.75, 3.05) is 5.32 Å². The van der Waals surface area contributed by atoms with Crippen LogP contribution in [0.25, 0.3) is 0 Å². The number of carbonyl (C=O) groups excluding carboxylic acids is 1. The number of thiophene rings is 1. The van der Waals surface area contributed by atoms with Crippen LogP contribution in [0.3, 0.4) is 0 Å². The zero-order valence-corrected chi connectivity index (χ0v) is 12.6. The maximum absolute atomic E-state index is 11.9. The number of halogens is 2. The molecule has 0 saturated heterocycles. The van der Waals surface area contributed by atoms with Gasteiger partial charge in [0.05, 0.1) is 30.8 Å². The zero-order chi connectivity index (χ0) is 13.1. The minimum absolute atomic E-state index is 0.230. The Morgan fingerprint density at radius 2 is 2.22 bits per heavy atom. The van der Waals surface area contributed by atoms with Crippen LogP contribution < -0.4 is 5.32 Å². The van der Waals surface area contributed by atoms with Crippen LogP contribution >= 0.6 is 45.5 Å².